The van der Waals surface area contributed by atoms with Crippen LogP contribution in [-0.4, -0.2) is 17.1 Å². The minimum Gasteiger partial charge on any atom is -0.480 e. The Hall–Kier alpha value is -0.155. The molecule has 4 heteroatoms. The average molecular weight is 304 g/mol. The van der Waals surface area contributed by atoms with Crippen LogP contribution in [0, 0.1) is 35.6 Å². The second-order valence-corrected chi connectivity index (χ2v) is 2.63. The van der Waals surface area contributed by atoms with Crippen molar-refractivity contribution in [1.29, 1.82) is 0 Å². The first-order chi connectivity index (χ1) is 5.70. The second kappa shape index (κ2) is 6.32. The van der Waals surface area contributed by atoms with Crippen molar-refractivity contribution in [3.63, 3.8) is 0 Å². The van der Waals surface area contributed by atoms with E-state index in [1.165, 1.54) is 0 Å². The monoisotopic (exact) mass is 304 g/mol. The zero-order valence-electron chi connectivity index (χ0n) is 7.18. The van der Waals surface area contributed by atoms with Crippen LogP contribution in [0.3, 0.4) is 0 Å². The van der Waals surface area contributed by atoms with Crippen molar-refractivity contribution in [1.82, 2.24) is 0 Å². The van der Waals surface area contributed by atoms with Crippen LogP contribution in [-0.2, 0) is 11.2 Å². The predicted octanol–water partition coefficient (Wildman–Crippen LogP) is 0.641. The van der Waals surface area contributed by atoms with Gasteiger partial charge in [-0.2, -0.15) is 0 Å². The molecular weight excluding hydrogens is 293 g/mol. The summed E-state index contributed by atoms with van der Waals surface area (Å²) in [6.07, 6.45) is 0.385. The fraction of sp³-hybridized carbons (Fsp3) is 0.222. The zero-order chi connectivity index (χ0) is 8.97. The predicted molar refractivity (Wildman–Crippen MR) is 45.8 cm³/mol. The molecule has 1 aromatic rings. The zero-order valence-corrected chi connectivity index (χ0v) is 10.8. The molecule has 0 unspecified atom stereocenters. The van der Waals surface area contributed by atoms with Crippen LogP contribution < -0.4 is 5.73 Å². The number of hydrogen-bond donors (Lipinski definition) is 2. The largest absolute Gasteiger partial charge is 0.480 e. The van der Waals surface area contributed by atoms with Crippen LogP contribution in [0.4, 0.5) is 0 Å². The van der Waals surface area contributed by atoms with Gasteiger partial charge >= 0.3 is 5.97 Å². The van der Waals surface area contributed by atoms with E-state index in [-0.39, 0.29) is 35.6 Å². The number of carbonyl (C=O) groups is 1. The summed E-state index contributed by atoms with van der Waals surface area (Å²) >= 11 is 0. The SMILES string of the molecule is N[C@@H](Cc1ccccc1)C(=O)O.[La]. The van der Waals surface area contributed by atoms with E-state index in [1.807, 2.05) is 30.3 Å². The smallest absolute Gasteiger partial charge is 0.320 e. The third-order valence-corrected chi connectivity index (χ3v) is 1.62. The van der Waals surface area contributed by atoms with Crippen LogP contribution in [0.15, 0.2) is 30.3 Å². The van der Waals surface area contributed by atoms with E-state index in [1.54, 1.807) is 0 Å². The summed E-state index contributed by atoms with van der Waals surface area (Å²) in [5.41, 5.74) is 6.30. The van der Waals surface area contributed by atoms with E-state index in [9.17, 15) is 4.79 Å². The van der Waals surface area contributed by atoms with E-state index in [2.05, 4.69) is 0 Å². The maximum absolute atomic E-state index is 10.4. The van der Waals surface area contributed by atoms with Crippen LogP contribution in [0.25, 0.3) is 0 Å². The van der Waals surface area contributed by atoms with Crippen molar-refractivity contribution >= 4 is 5.97 Å². The summed E-state index contributed by atoms with van der Waals surface area (Å²) in [5.74, 6) is -0.959. The quantitative estimate of drug-likeness (QED) is 0.861. The molecule has 0 aliphatic carbocycles. The molecule has 67 valence electrons. The van der Waals surface area contributed by atoms with Crippen molar-refractivity contribution in [2.24, 2.45) is 5.73 Å². The number of nitrogens with two attached hydrogens (primary N) is 1. The van der Waals surface area contributed by atoms with E-state index < -0.39 is 12.0 Å². The molecule has 0 bridgehead atoms. The van der Waals surface area contributed by atoms with Crippen molar-refractivity contribution in [3.05, 3.63) is 35.9 Å². The van der Waals surface area contributed by atoms with E-state index in [0.29, 0.717) is 6.42 Å². The van der Waals surface area contributed by atoms with Gasteiger partial charge < -0.3 is 10.8 Å². The first-order valence-electron chi connectivity index (χ1n) is 3.72. The number of carboxylic acids is 1. The number of carboxylic acid groups (broad SMARTS) is 1. The Morgan fingerprint density at radius 1 is 1.38 bits per heavy atom. The van der Waals surface area contributed by atoms with Gasteiger partial charge in [0.25, 0.3) is 0 Å². The summed E-state index contributed by atoms with van der Waals surface area (Å²) in [4.78, 5) is 10.4. The summed E-state index contributed by atoms with van der Waals surface area (Å²) in [6.45, 7) is 0. The van der Waals surface area contributed by atoms with Gasteiger partial charge in [0.05, 0.1) is 0 Å². The maximum Gasteiger partial charge on any atom is 0.320 e. The van der Waals surface area contributed by atoms with Crippen LogP contribution in [0.1, 0.15) is 5.56 Å². The number of rotatable bonds is 3. The summed E-state index contributed by atoms with van der Waals surface area (Å²) in [6, 6.07) is 8.54. The van der Waals surface area contributed by atoms with E-state index in [4.69, 9.17) is 10.8 Å². The van der Waals surface area contributed by atoms with Crippen LogP contribution >= 0.6 is 0 Å². The van der Waals surface area contributed by atoms with Gasteiger partial charge in [0, 0.05) is 35.6 Å². The van der Waals surface area contributed by atoms with E-state index >= 15 is 0 Å². The van der Waals surface area contributed by atoms with Gasteiger partial charge in [-0.3, -0.25) is 4.79 Å². The topological polar surface area (TPSA) is 63.3 Å². The van der Waals surface area contributed by atoms with Gasteiger partial charge in [0.1, 0.15) is 6.04 Å². The first kappa shape index (κ1) is 12.8. The van der Waals surface area contributed by atoms with Gasteiger partial charge in [0.2, 0.25) is 0 Å². The summed E-state index contributed by atoms with van der Waals surface area (Å²) in [7, 11) is 0. The Bertz CT molecular complexity index is 264. The Morgan fingerprint density at radius 2 is 1.92 bits per heavy atom. The molecule has 0 aliphatic heterocycles. The fourth-order valence-corrected chi connectivity index (χ4v) is 0.955. The Balaban J connectivity index is 0.00000144. The minimum absolute atomic E-state index is 0. The Morgan fingerprint density at radius 3 is 2.38 bits per heavy atom. The summed E-state index contributed by atoms with van der Waals surface area (Å²) in [5, 5.41) is 8.52. The molecule has 0 spiro atoms. The molecule has 1 radical (unpaired) electrons. The molecule has 0 saturated carbocycles. The van der Waals surface area contributed by atoms with Crippen molar-refractivity contribution in [2.45, 2.75) is 12.5 Å². The molecule has 0 amide bonds. The van der Waals surface area contributed by atoms with Gasteiger partial charge in [-0.1, -0.05) is 30.3 Å². The van der Waals surface area contributed by atoms with Crippen LogP contribution in [0.5, 0.6) is 0 Å². The first-order valence-corrected chi connectivity index (χ1v) is 3.72. The molecule has 1 atom stereocenters. The molecular formula is C9H11LaNO2. The maximum atomic E-state index is 10.4. The van der Waals surface area contributed by atoms with E-state index in [0.717, 1.165) is 5.56 Å². The molecule has 13 heavy (non-hydrogen) atoms. The van der Waals surface area contributed by atoms with Crippen LogP contribution in [0.2, 0.25) is 0 Å². The second-order valence-electron chi connectivity index (χ2n) is 2.63. The van der Waals surface area contributed by atoms with Gasteiger partial charge in [-0.15, -0.1) is 0 Å². The third-order valence-electron chi connectivity index (χ3n) is 1.62. The standard InChI is InChI=1S/C9H11NO2.La/c10-8(9(11)12)6-7-4-2-1-3-5-7;/h1-5,8H,6,10H2,(H,11,12);/t8-;/m0./s1. The normalized spacial score (nSPS) is 11.5. The van der Waals surface area contributed by atoms with Crippen molar-refractivity contribution in [3.8, 4) is 0 Å². The molecule has 1 rings (SSSR count). The Labute approximate surface area is 105 Å². The number of aliphatic carboxylic acids is 1. The molecule has 3 N–H and O–H groups in total. The average Bonchev–Trinajstić information content (AvgIpc) is 2.06. The van der Waals surface area contributed by atoms with Gasteiger partial charge in [-0.05, 0) is 12.0 Å². The number of benzene rings is 1. The minimum atomic E-state index is -0.959. The number of hydrogen-bond acceptors (Lipinski definition) is 2. The Kier molecular flexibility index (Phi) is 6.25. The molecule has 1 aromatic carbocycles. The molecule has 0 saturated heterocycles. The molecule has 0 aliphatic rings. The molecule has 0 heterocycles. The van der Waals surface area contributed by atoms with Crippen molar-refractivity contribution < 1.29 is 45.5 Å². The van der Waals surface area contributed by atoms with Crippen molar-refractivity contribution in [2.75, 3.05) is 0 Å². The molecule has 0 aromatic heterocycles. The summed E-state index contributed by atoms with van der Waals surface area (Å²) < 4.78 is 0. The third kappa shape index (κ3) is 4.57. The van der Waals surface area contributed by atoms with Gasteiger partial charge in [0.15, 0.2) is 0 Å². The fourth-order valence-electron chi connectivity index (χ4n) is 0.955. The molecule has 3 nitrogen and oxygen atoms in total. The van der Waals surface area contributed by atoms with Gasteiger partial charge in [-0.25, -0.2) is 0 Å². The molecule has 0 fully saturated rings.